The van der Waals surface area contributed by atoms with Crippen LogP contribution in [0.1, 0.15) is 42.2 Å². The zero-order chi connectivity index (χ0) is 17.3. The minimum absolute atomic E-state index is 0. The highest BCUT2D eigenvalue weighted by molar-refractivity contribution is 6.30. The number of rotatable bonds is 4. The highest BCUT2D eigenvalue weighted by atomic mass is 35.5. The van der Waals surface area contributed by atoms with Gasteiger partial charge in [-0.1, -0.05) is 31.5 Å². The molecule has 1 aliphatic heterocycles. The van der Waals surface area contributed by atoms with Crippen LogP contribution in [-0.2, 0) is 0 Å². The lowest BCUT2D eigenvalue weighted by molar-refractivity contribution is 0.0786. The Balaban J connectivity index is 0.00000225. The van der Waals surface area contributed by atoms with E-state index in [1.807, 2.05) is 33.8 Å². The van der Waals surface area contributed by atoms with Crippen LogP contribution in [0.15, 0.2) is 30.5 Å². The Kier molecular flexibility index (Phi) is 6.49. The molecule has 1 aromatic heterocycles. The Morgan fingerprint density at radius 3 is 2.80 bits per heavy atom. The number of carbonyl (C=O) groups is 1. The third kappa shape index (κ3) is 4.00. The predicted molar refractivity (Wildman–Crippen MR) is 103 cm³/mol. The highest BCUT2D eigenvalue weighted by Gasteiger charge is 2.29. The van der Waals surface area contributed by atoms with Gasteiger partial charge < -0.3 is 10.6 Å². The van der Waals surface area contributed by atoms with Crippen LogP contribution in [0.2, 0.25) is 5.02 Å². The number of aromatic nitrogens is 2. The van der Waals surface area contributed by atoms with Gasteiger partial charge in [0.2, 0.25) is 0 Å². The molecule has 1 aromatic carbocycles. The van der Waals surface area contributed by atoms with Gasteiger partial charge in [0.15, 0.2) is 0 Å². The van der Waals surface area contributed by atoms with Gasteiger partial charge in [0.05, 0.1) is 23.1 Å². The summed E-state index contributed by atoms with van der Waals surface area (Å²) in [5.41, 5.74) is 8.19. The van der Waals surface area contributed by atoms with Gasteiger partial charge in [-0.2, -0.15) is 5.10 Å². The third-order valence-corrected chi connectivity index (χ3v) is 4.78. The standard InChI is InChI=1S/C18H23ClN4O.ClH/c1-12(2)17-16(18(24)22-7-6-13(9-20)11-22)10-21-23(17)15-5-3-4-14(19)8-15;/h3-5,8,10,12-13H,6-7,9,11,20H2,1-2H3;1H. The summed E-state index contributed by atoms with van der Waals surface area (Å²) in [6.07, 6.45) is 2.65. The lowest BCUT2D eigenvalue weighted by atomic mass is 10.0. The summed E-state index contributed by atoms with van der Waals surface area (Å²) < 4.78 is 1.82. The predicted octanol–water partition coefficient (Wildman–Crippen LogP) is 3.49. The van der Waals surface area contributed by atoms with Gasteiger partial charge in [-0.15, -0.1) is 12.4 Å². The fourth-order valence-corrected chi connectivity index (χ4v) is 3.46. The second-order valence-electron chi connectivity index (χ2n) is 6.63. The van der Waals surface area contributed by atoms with Crippen molar-refractivity contribution in [1.29, 1.82) is 0 Å². The smallest absolute Gasteiger partial charge is 0.257 e. The van der Waals surface area contributed by atoms with Gasteiger partial charge in [0, 0.05) is 18.1 Å². The number of carbonyl (C=O) groups excluding carboxylic acids is 1. The average molecular weight is 383 g/mol. The molecule has 1 atom stereocenters. The molecule has 1 aliphatic rings. The van der Waals surface area contributed by atoms with E-state index in [0.29, 0.717) is 23.0 Å². The Morgan fingerprint density at radius 1 is 1.44 bits per heavy atom. The SMILES string of the molecule is CC(C)c1c(C(=O)N2CCC(CN)C2)cnn1-c1cccc(Cl)c1.Cl. The number of halogens is 2. The average Bonchev–Trinajstić information content (AvgIpc) is 3.21. The second kappa shape index (κ2) is 8.21. The Hall–Kier alpha value is -1.56. The first-order valence-corrected chi connectivity index (χ1v) is 8.72. The summed E-state index contributed by atoms with van der Waals surface area (Å²) in [6, 6.07) is 7.51. The van der Waals surface area contributed by atoms with E-state index < -0.39 is 0 Å². The van der Waals surface area contributed by atoms with E-state index in [9.17, 15) is 4.79 Å². The van der Waals surface area contributed by atoms with Gasteiger partial charge in [0.25, 0.3) is 5.91 Å². The number of likely N-dealkylation sites (tertiary alicyclic amines) is 1. The van der Waals surface area contributed by atoms with Crippen molar-refractivity contribution in [2.45, 2.75) is 26.2 Å². The van der Waals surface area contributed by atoms with E-state index in [4.69, 9.17) is 17.3 Å². The van der Waals surface area contributed by atoms with Crippen LogP contribution in [0.4, 0.5) is 0 Å². The van der Waals surface area contributed by atoms with Crippen molar-refractivity contribution in [2.75, 3.05) is 19.6 Å². The van der Waals surface area contributed by atoms with Gasteiger partial charge in [-0.05, 0) is 43.0 Å². The Bertz CT molecular complexity index is 744. The van der Waals surface area contributed by atoms with Gasteiger partial charge in [-0.3, -0.25) is 4.79 Å². The van der Waals surface area contributed by atoms with E-state index in [1.54, 1.807) is 6.20 Å². The summed E-state index contributed by atoms with van der Waals surface area (Å²) in [4.78, 5) is 14.8. The molecule has 1 saturated heterocycles. The van der Waals surface area contributed by atoms with E-state index in [2.05, 4.69) is 18.9 Å². The number of amides is 1. The van der Waals surface area contributed by atoms with E-state index in [0.717, 1.165) is 30.9 Å². The highest BCUT2D eigenvalue weighted by Crippen LogP contribution is 2.27. The molecule has 2 heterocycles. The molecule has 1 unspecified atom stereocenters. The molecule has 3 rings (SSSR count). The molecule has 25 heavy (non-hydrogen) atoms. The van der Waals surface area contributed by atoms with Crippen LogP contribution in [0.25, 0.3) is 5.69 Å². The Labute approximate surface area is 159 Å². The molecule has 1 fully saturated rings. The van der Waals surface area contributed by atoms with Crippen LogP contribution in [0.5, 0.6) is 0 Å². The minimum atomic E-state index is 0. The van der Waals surface area contributed by atoms with Crippen molar-refractivity contribution in [3.05, 3.63) is 46.7 Å². The second-order valence-corrected chi connectivity index (χ2v) is 7.07. The van der Waals surface area contributed by atoms with Crippen LogP contribution >= 0.6 is 24.0 Å². The topological polar surface area (TPSA) is 64.2 Å². The summed E-state index contributed by atoms with van der Waals surface area (Å²) in [5.74, 6) is 0.612. The van der Waals surface area contributed by atoms with Crippen LogP contribution in [0, 0.1) is 5.92 Å². The molecule has 5 nitrogen and oxygen atoms in total. The molecular weight excluding hydrogens is 359 g/mol. The number of hydrogen-bond donors (Lipinski definition) is 1. The molecule has 1 amide bonds. The monoisotopic (exact) mass is 382 g/mol. The summed E-state index contributed by atoms with van der Waals surface area (Å²) in [5, 5.41) is 5.12. The Morgan fingerprint density at radius 2 is 2.20 bits per heavy atom. The fourth-order valence-electron chi connectivity index (χ4n) is 3.27. The van der Waals surface area contributed by atoms with E-state index >= 15 is 0 Å². The lowest BCUT2D eigenvalue weighted by Gasteiger charge is -2.18. The molecule has 0 bridgehead atoms. The van der Waals surface area contributed by atoms with Crippen molar-refractivity contribution in [3.63, 3.8) is 0 Å². The maximum atomic E-state index is 13.0. The number of benzene rings is 1. The molecule has 2 N–H and O–H groups in total. The van der Waals surface area contributed by atoms with Crippen molar-refractivity contribution in [2.24, 2.45) is 11.7 Å². The maximum Gasteiger partial charge on any atom is 0.257 e. The quantitative estimate of drug-likeness (QED) is 0.879. The lowest BCUT2D eigenvalue weighted by Crippen LogP contribution is -2.30. The first kappa shape index (κ1) is 19.8. The van der Waals surface area contributed by atoms with Gasteiger partial charge in [-0.25, -0.2) is 4.68 Å². The van der Waals surface area contributed by atoms with Crippen LogP contribution in [0.3, 0.4) is 0 Å². The molecule has 0 saturated carbocycles. The van der Waals surface area contributed by atoms with Gasteiger partial charge >= 0.3 is 0 Å². The molecule has 7 heteroatoms. The third-order valence-electron chi connectivity index (χ3n) is 4.54. The molecule has 0 aliphatic carbocycles. The van der Waals surface area contributed by atoms with E-state index in [-0.39, 0.29) is 24.2 Å². The molecule has 136 valence electrons. The summed E-state index contributed by atoms with van der Waals surface area (Å²) in [7, 11) is 0. The van der Waals surface area contributed by atoms with Crippen molar-refractivity contribution in [3.8, 4) is 5.69 Å². The number of nitrogens with two attached hydrogens (primary N) is 1. The fraction of sp³-hybridized carbons (Fsp3) is 0.444. The molecular formula is C18H24Cl2N4O. The molecule has 0 spiro atoms. The number of hydrogen-bond acceptors (Lipinski definition) is 3. The summed E-state index contributed by atoms with van der Waals surface area (Å²) >= 11 is 6.10. The zero-order valence-corrected chi connectivity index (χ0v) is 16.1. The molecule has 2 aromatic rings. The zero-order valence-electron chi connectivity index (χ0n) is 14.5. The van der Waals surface area contributed by atoms with Crippen LogP contribution in [-0.4, -0.2) is 40.2 Å². The van der Waals surface area contributed by atoms with Gasteiger partial charge in [0.1, 0.15) is 0 Å². The normalized spacial score (nSPS) is 17.0. The first-order chi connectivity index (χ1) is 11.5. The first-order valence-electron chi connectivity index (χ1n) is 8.34. The minimum Gasteiger partial charge on any atom is -0.338 e. The largest absolute Gasteiger partial charge is 0.338 e. The van der Waals surface area contributed by atoms with Crippen LogP contribution < -0.4 is 5.73 Å². The number of nitrogens with zero attached hydrogens (tertiary/aromatic N) is 3. The van der Waals surface area contributed by atoms with Crippen molar-refractivity contribution < 1.29 is 4.79 Å². The van der Waals surface area contributed by atoms with Crippen molar-refractivity contribution >= 4 is 29.9 Å². The van der Waals surface area contributed by atoms with E-state index in [1.165, 1.54) is 0 Å². The summed E-state index contributed by atoms with van der Waals surface area (Å²) in [6.45, 7) is 6.27. The maximum absolute atomic E-state index is 13.0. The molecule has 0 radical (unpaired) electrons. The van der Waals surface area contributed by atoms with Crippen molar-refractivity contribution in [1.82, 2.24) is 14.7 Å².